The summed E-state index contributed by atoms with van der Waals surface area (Å²) in [4.78, 5) is 12.4. The van der Waals surface area contributed by atoms with Gasteiger partial charge in [0.2, 0.25) is 17.2 Å². The predicted octanol–water partition coefficient (Wildman–Crippen LogP) is 2.51. The molecule has 100 valence electrons. The molecule has 0 bridgehead atoms. The summed E-state index contributed by atoms with van der Waals surface area (Å²) in [6.45, 7) is 3.66. The Morgan fingerprint density at radius 2 is 1.83 bits per heavy atom. The minimum absolute atomic E-state index is 0.225. The van der Waals surface area contributed by atoms with Crippen LogP contribution in [0.4, 0.5) is 11.9 Å². The number of nitrogens with one attached hydrogen (secondary N) is 2. The van der Waals surface area contributed by atoms with Gasteiger partial charge in [0, 0.05) is 13.1 Å². The van der Waals surface area contributed by atoms with E-state index in [-0.39, 0.29) is 5.28 Å². The first kappa shape index (κ1) is 13.7. The minimum atomic E-state index is 0.225. The Kier molecular flexibility index (Phi) is 5.31. The van der Waals surface area contributed by atoms with E-state index < -0.39 is 0 Å². The highest BCUT2D eigenvalue weighted by Gasteiger charge is 2.14. The second-order valence-corrected chi connectivity index (χ2v) is 5.78. The van der Waals surface area contributed by atoms with Crippen LogP contribution in [-0.2, 0) is 0 Å². The van der Waals surface area contributed by atoms with Gasteiger partial charge >= 0.3 is 0 Å². The lowest BCUT2D eigenvalue weighted by Crippen LogP contribution is -2.20. The highest BCUT2D eigenvalue weighted by Crippen LogP contribution is 2.22. The third-order valence-electron chi connectivity index (χ3n) is 2.83. The Morgan fingerprint density at radius 3 is 2.50 bits per heavy atom. The molecule has 5 nitrogen and oxygen atoms in total. The molecule has 1 fully saturated rings. The van der Waals surface area contributed by atoms with Crippen LogP contribution >= 0.6 is 23.4 Å². The molecule has 7 heteroatoms. The van der Waals surface area contributed by atoms with Gasteiger partial charge in [-0.2, -0.15) is 26.7 Å². The first-order valence-corrected chi connectivity index (χ1v) is 7.78. The van der Waals surface area contributed by atoms with Crippen LogP contribution in [0.1, 0.15) is 19.8 Å². The summed E-state index contributed by atoms with van der Waals surface area (Å²) in [5.74, 6) is 4.31. The molecule has 0 unspecified atom stereocenters. The lowest BCUT2D eigenvalue weighted by Gasteiger charge is -2.21. The summed E-state index contributed by atoms with van der Waals surface area (Å²) < 4.78 is 0. The molecule has 1 aliphatic heterocycles. The van der Waals surface area contributed by atoms with Crippen molar-refractivity contribution >= 4 is 35.3 Å². The van der Waals surface area contributed by atoms with Crippen LogP contribution in [-0.4, -0.2) is 39.5 Å². The van der Waals surface area contributed by atoms with E-state index in [1.807, 2.05) is 18.7 Å². The molecule has 1 saturated heterocycles. The Morgan fingerprint density at radius 1 is 1.17 bits per heavy atom. The lowest BCUT2D eigenvalue weighted by atomic mass is 10.0. The number of thioether (sulfide) groups is 1. The van der Waals surface area contributed by atoms with Gasteiger partial charge in [0.05, 0.1) is 0 Å². The molecule has 18 heavy (non-hydrogen) atoms. The molecule has 2 rings (SSSR count). The van der Waals surface area contributed by atoms with Crippen LogP contribution in [0.5, 0.6) is 0 Å². The van der Waals surface area contributed by atoms with E-state index in [1.54, 1.807) is 0 Å². The van der Waals surface area contributed by atoms with E-state index in [2.05, 4.69) is 25.6 Å². The van der Waals surface area contributed by atoms with Gasteiger partial charge in [-0.15, -0.1) is 0 Å². The van der Waals surface area contributed by atoms with Crippen molar-refractivity contribution in [1.29, 1.82) is 0 Å². The zero-order valence-electron chi connectivity index (χ0n) is 10.4. The molecule has 1 aliphatic rings. The van der Waals surface area contributed by atoms with Crippen molar-refractivity contribution in [2.75, 3.05) is 35.2 Å². The summed E-state index contributed by atoms with van der Waals surface area (Å²) in [6, 6.07) is 0. The van der Waals surface area contributed by atoms with Crippen LogP contribution in [0.15, 0.2) is 0 Å². The number of hydrogen-bond acceptors (Lipinski definition) is 6. The van der Waals surface area contributed by atoms with E-state index in [0.717, 1.165) is 13.1 Å². The molecule has 0 atom stereocenters. The minimum Gasteiger partial charge on any atom is -0.354 e. The van der Waals surface area contributed by atoms with E-state index in [9.17, 15) is 0 Å². The Balaban J connectivity index is 1.91. The fraction of sp³-hybridized carbons (Fsp3) is 0.727. The van der Waals surface area contributed by atoms with Gasteiger partial charge in [-0.05, 0) is 48.8 Å². The maximum atomic E-state index is 5.86. The normalized spacial score (nSPS) is 16.6. The highest BCUT2D eigenvalue weighted by atomic mass is 35.5. The topological polar surface area (TPSA) is 62.7 Å². The molecule has 0 aliphatic carbocycles. The third-order valence-corrected chi connectivity index (χ3v) is 4.05. The van der Waals surface area contributed by atoms with Gasteiger partial charge in [-0.25, -0.2) is 0 Å². The monoisotopic (exact) mass is 287 g/mol. The molecular weight excluding hydrogens is 270 g/mol. The molecule has 0 amide bonds. The lowest BCUT2D eigenvalue weighted by molar-refractivity contribution is 0.514. The number of nitrogens with zero attached hydrogens (tertiary/aromatic N) is 3. The van der Waals surface area contributed by atoms with Crippen molar-refractivity contribution in [3.63, 3.8) is 0 Å². The average molecular weight is 288 g/mol. The Bertz CT molecular complexity index is 384. The van der Waals surface area contributed by atoms with Gasteiger partial charge in [0.15, 0.2) is 0 Å². The number of hydrogen-bond donors (Lipinski definition) is 2. The van der Waals surface area contributed by atoms with Gasteiger partial charge < -0.3 is 10.6 Å². The van der Waals surface area contributed by atoms with Crippen LogP contribution in [0.25, 0.3) is 0 Å². The first-order valence-electron chi connectivity index (χ1n) is 6.25. The Hall–Kier alpha value is -0.750. The molecule has 1 aromatic rings. The van der Waals surface area contributed by atoms with Crippen LogP contribution < -0.4 is 10.6 Å². The molecule has 0 radical (unpaired) electrons. The van der Waals surface area contributed by atoms with Gasteiger partial charge in [-0.1, -0.05) is 0 Å². The summed E-state index contributed by atoms with van der Waals surface area (Å²) in [7, 11) is 0. The molecule has 0 aromatic carbocycles. The van der Waals surface area contributed by atoms with E-state index >= 15 is 0 Å². The second kappa shape index (κ2) is 6.99. The predicted molar refractivity (Wildman–Crippen MR) is 77.5 cm³/mol. The molecule has 2 N–H and O–H groups in total. The number of anilines is 2. The maximum Gasteiger partial charge on any atom is 0.228 e. The van der Waals surface area contributed by atoms with Crippen LogP contribution in [0.3, 0.4) is 0 Å². The standard InChI is InChI=1S/C11H18ClN5S/c1-2-13-10-15-9(12)16-11(17-10)14-7-8-3-5-18-6-4-8/h8H,2-7H2,1H3,(H2,13,14,15,16,17). The van der Waals surface area contributed by atoms with Crippen molar-refractivity contribution in [2.45, 2.75) is 19.8 Å². The van der Waals surface area contributed by atoms with Gasteiger partial charge in [0.1, 0.15) is 0 Å². The van der Waals surface area contributed by atoms with Crippen molar-refractivity contribution in [3.8, 4) is 0 Å². The maximum absolute atomic E-state index is 5.86. The van der Waals surface area contributed by atoms with E-state index in [0.29, 0.717) is 17.8 Å². The third kappa shape index (κ3) is 4.17. The molecule has 0 saturated carbocycles. The smallest absolute Gasteiger partial charge is 0.228 e. The number of rotatable bonds is 5. The van der Waals surface area contributed by atoms with Crippen molar-refractivity contribution in [2.24, 2.45) is 5.92 Å². The fourth-order valence-corrected chi connectivity index (χ4v) is 3.22. The van der Waals surface area contributed by atoms with Crippen molar-refractivity contribution in [3.05, 3.63) is 5.28 Å². The Labute approximate surface area is 117 Å². The van der Waals surface area contributed by atoms with Gasteiger partial charge in [0.25, 0.3) is 0 Å². The summed E-state index contributed by atoms with van der Waals surface area (Å²) >= 11 is 7.89. The quantitative estimate of drug-likeness (QED) is 0.868. The fourth-order valence-electron chi connectivity index (χ4n) is 1.85. The number of aromatic nitrogens is 3. The van der Waals surface area contributed by atoms with Gasteiger partial charge in [-0.3, -0.25) is 0 Å². The number of halogens is 1. The van der Waals surface area contributed by atoms with E-state index in [1.165, 1.54) is 24.3 Å². The molecular formula is C11H18ClN5S. The zero-order chi connectivity index (χ0) is 12.8. The SMILES string of the molecule is CCNc1nc(Cl)nc(NCC2CCSCC2)n1. The van der Waals surface area contributed by atoms with E-state index in [4.69, 9.17) is 11.6 Å². The zero-order valence-corrected chi connectivity index (χ0v) is 12.0. The average Bonchev–Trinajstić information content (AvgIpc) is 2.37. The van der Waals surface area contributed by atoms with Crippen LogP contribution in [0, 0.1) is 5.92 Å². The summed E-state index contributed by atoms with van der Waals surface area (Å²) in [5.41, 5.74) is 0. The largest absolute Gasteiger partial charge is 0.354 e. The van der Waals surface area contributed by atoms with Crippen LogP contribution in [0.2, 0.25) is 5.28 Å². The second-order valence-electron chi connectivity index (χ2n) is 4.22. The highest BCUT2D eigenvalue weighted by molar-refractivity contribution is 7.99. The summed E-state index contributed by atoms with van der Waals surface area (Å²) in [5, 5.41) is 6.52. The molecule has 0 spiro atoms. The van der Waals surface area contributed by atoms with Crippen molar-refractivity contribution < 1.29 is 0 Å². The van der Waals surface area contributed by atoms with Crippen molar-refractivity contribution in [1.82, 2.24) is 15.0 Å². The summed E-state index contributed by atoms with van der Waals surface area (Å²) in [6.07, 6.45) is 2.52. The first-order chi connectivity index (χ1) is 8.78. The molecule has 1 aromatic heterocycles. The molecule has 2 heterocycles.